The molecule has 3 aromatic rings. The Bertz CT molecular complexity index is 1370. The van der Waals surface area contributed by atoms with Crippen molar-refractivity contribution in [2.75, 3.05) is 33.2 Å². The zero-order valence-electron chi connectivity index (χ0n) is 19.5. The third-order valence-corrected chi connectivity index (χ3v) is 6.81. The SMILES string of the molecule is COc1ccc(S(=O)(=O)NCC(=O)Nc2ccc(Cl)cc2C(O)c2c(F)cccc2OC)cc1OC. The van der Waals surface area contributed by atoms with Gasteiger partial charge in [-0.1, -0.05) is 17.7 Å². The molecule has 3 aromatic carbocycles. The smallest absolute Gasteiger partial charge is 0.241 e. The number of carbonyl (C=O) groups excluding carboxylic acids is 1. The maximum atomic E-state index is 14.5. The van der Waals surface area contributed by atoms with Crippen molar-refractivity contribution in [3.63, 3.8) is 0 Å². The number of hydrogen-bond donors (Lipinski definition) is 3. The molecule has 0 aliphatic rings. The van der Waals surface area contributed by atoms with Gasteiger partial charge in [0.25, 0.3) is 0 Å². The lowest BCUT2D eigenvalue weighted by Crippen LogP contribution is -2.33. The molecule has 0 fully saturated rings. The average Bonchev–Trinajstić information content (AvgIpc) is 2.87. The van der Waals surface area contributed by atoms with Crippen LogP contribution in [0.1, 0.15) is 17.2 Å². The van der Waals surface area contributed by atoms with Crippen LogP contribution in [0.3, 0.4) is 0 Å². The van der Waals surface area contributed by atoms with E-state index >= 15 is 0 Å². The van der Waals surface area contributed by atoms with E-state index in [1.165, 1.54) is 69.9 Å². The molecule has 9 nitrogen and oxygen atoms in total. The highest BCUT2D eigenvalue weighted by atomic mass is 35.5. The van der Waals surface area contributed by atoms with Crippen molar-refractivity contribution in [2.24, 2.45) is 0 Å². The summed E-state index contributed by atoms with van der Waals surface area (Å²) >= 11 is 6.07. The van der Waals surface area contributed by atoms with Crippen molar-refractivity contribution < 1.29 is 36.9 Å². The molecule has 192 valence electrons. The number of rotatable bonds is 10. The second-order valence-electron chi connectivity index (χ2n) is 7.38. The Hall–Kier alpha value is -3.38. The number of aliphatic hydroxyl groups excluding tert-OH is 1. The lowest BCUT2D eigenvalue weighted by atomic mass is 9.98. The summed E-state index contributed by atoms with van der Waals surface area (Å²) in [5.41, 5.74) is 0.0430. The summed E-state index contributed by atoms with van der Waals surface area (Å²) in [5.74, 6) is -0.817. The number of amides is 1. The van der Waals surface area contributed by atoms with Crippen molar-refractivity contribution in [1.29, 1.82) is 0 Å². The predicted octanol–water partition coefficient (Wildman–Crippen LogP) is 3.50. The van der Waals surface area contributed by atoms with Gasteiger partial charge in [-0.3, -0.25) is 4.79 Å². The summed E-state index contributed by atoms with van der Waals surface area (Å²) in [6, 6.07) is 12.3. The molecule has 0 radical (unpaired) electrons. The first-order chi connectivity index (χ1) is 17.1. The van der Waals surface area contributed by atoms with Gasteiger partial charge >= 0.3 is 0 Å². The molecule has 0 aliphatic carbocycles. The van der Waals surface area contributed by atoms with Crippen molar-refractivity contribution in [1.82, 2.24) is 4.72 Å². The third kappa shape index (κ3) is 6.05. The van der Waals surface area contributed by atoms with E-state index in [1.54, 1.807) is 0 Å². The zero-order chi connectivity index (χ0) is 26.5. The van der Waals surface area contributed by atoms with Crippen molar-refractivity contribution in [3.05, 3.63) is 76.6 Å². The molecule has 12 heteroatoms. The van der Waals surface area contributed by atoms with Gasteiger partial charge in [0.2, 0.25) is 15.9 Å². The highest BCUT2D eigenvalue weighted by Crippen LogP contribution is 2.36. The van der Waals surface area contributed by atoms with Crippen LogP contribution in [0.2, 0.25) is 5.02 Å². The van der Waals surface area contributed by atoms with Crippen LogP contribution in [0.15, 0.2) is 59.5 Å². The third-order valence-electron chi connectivity index (χ3n) is 5.18. The van der Waals surface area contributed by atoms with Crippen LogP contribution in [0.25, 0.3) is 0 Å². The van der Waals surface area contributed by atoms with Crippen molar-refractivity contribution >= 4 is 33.2 Å². The Morgan fingerprint density at radius 3 is 2.36 bits per heavy atom. The van der Waals surface area contributed by atoms with E-state index in [2.05, 4.69) is 10.0 Å². The monoisotopic (exact) mass is 538 g/mol. The van der Waals surface area contributed by atoms with Crippen LogP contribution in [0.5, 0.6) is 17.2 Å². The quantitative estimate of drug-likeness (QED) is 0.361. The first-order valence-corrected chi connectivity index (χ1v) is 12.3. The normalized spacial score (nSPS) is 12.1. The van der Waals surface area contributed by atoms with E-state index < -0.39 is 34.4 Å². The van der Waals surface area contributed by atoms with Crippen LogP contribution in [-0.4, -0.2) is 47.3 Å². The lowest BCUT2D eigenvalue weighted by Gasteiger charge is -2.19. The molecule has 0 heterocycles. The summed E-state index contributed by atoms with van der Waals surface area (Å²) in [6.07, 6.45) is -1.54. The number of hydrogen-bond acceptors (Lipinski definition) is 7. The summed E-state index contributed by atoms with van der Waals surface area (Å²) in [5, 5.41) is 13.7. The fourth-order valence-electron chi connectivity index (χ4n) is 3.41. The maximum absolute atomic E-state index is 14.5. The Kier molecular flexibility index (Phi) is 8.75. The minimum absolute atomic E-state index is 0.0852. The number of sulfonamides is 1. The Morgan fingerprint density at radius 1 is 1.00 bits per heavy atom. The number of anilines is 1. The number of benzene rings is 3. The van der Waals surface area contributed by atoms with Gasteiger partial charge in [-0.25, -0.2) is 17.5 Å². The lowest BCUT2D eigenvalue weighted by molar-refractivity contribution is -0.115. The molecule has 1 atom stereocenters. The second kappa shape index (κ2) is 11.6. The topological polar surface area (TPSA) is 123 Å². The molecule has 1 unspecified atom stereocenters. The van der Waals surface area contributed by atoms with Gasteiger partial charge < -0.3 is 24.6 Å². The molecule has 0 aromatic heterocycles. The van der Waals surface area contributed by atoms with E-state index in [-0.39, 0.29) is 38.2 Å². The van der Waals surface area contributed by atoms with Gasteiger partial charge in [0.15, 0.2) is 11.5 Å². The number of halogens is 2. The van der Waals surface area contributed by atoms with Crippen LogP contribution in [-0.2, 0) is 14.8 Å². The van der Waals surface area contributed by atoms with Gasteiger partial charge in [-0.2, -0.15) is 0 Å². The number of aliphatic hydroxyl groups is 1. The van der Waals surface area contributed by atoms with Crippen LogP contribution < -0.4 is 24.2 Å². The molecule has 0 bridgehead atoms. The first kappa shape index (κ1) is 27.2. The van der Waals surface area contributed by atoms with E-state index in [0.717, 1.165) is 6.07 Å². The Morgan fingerprint density at radius 2 is 1.69 bits per heavy atom. The maximum Gasteiger partial charge on any atom is 0.241 e. The van der Waals surface area contributed by atoms with Gasteiger partial charge in [-0.15, -0.1) is 0 Å². The molecule has 3 rings (SSSR count). The Labute approximate surface area is 212 Å². The minimum Gasteiger partial charge on any atom is -0.496 e. The van der Waals surface area contributed by atoms with E-state index in [4.69, 9.17) is 25.8 Å². The molecule has 36 heavy (non-hydrogen) atoms. The van der Waals surface area contributed by atoms with Gasteiger partial charge in [0, 0.05) is 22.3 Å². The number of carbonyl (C=O) groups is 1. The summed E-state index contributed by atoms with van der Waals surface area (Å²) in [7, 11) is 0.0313. The molecule has 0 aliphatic heterocycles. The molecular formula is C24H24ClFN2O7S. The fourth-order valence-corrected chi connectivity index (χ4v) is 4.59. The van der Waals surface area contributed by atoms with Crippen LogP contribution >= 0.6 is 11.6 Å². The minimum atomic E-state index is -4.08. The summed E-state index contributed by atoms with van der Waals surface area (Å²) in [4.78, 5) is 12.5. The van der Waals surface area contributed by atoms with Gasteiger partial charge in [-0.05, 0) is 42.5 Å². The zero-order valence-corrected chi connectivity index (χ0v) is 21.1. The molecule has 1 amide bonds. The Balaban J connectivity index is 1.80. The largest absolute Gasteiger partial charge is 0.496 e. The molecule has 0 spiro atoms. The molecule has 0 saturated carbocycles. The highest BCUT2D eigenvalue weighted by Gasteiger charge is 2.24. The van der Waals surface area contributed by atoms with Crippen LogP contribution in [0.4, 0.5) is 10.1 Å². The van der Waals surface area contributed by atoms with Crippen molar-refractivity contribution in [3.8, 4) is 17.2 Å². The molecule has 0 saturated heterocycles. The van der Waals surface area contributed by atoms with E-state index in [9.17, 15) is 22.7 Å². The van der Waals surface area contributed by atoms with Crippen LogP contribution in [0, 0.1) is 5.82 Å². The fraction of sp³-hybridized carbons (Fsp3) is 0.208. The second-order valence-corrected chi connectivity index (χ2v) is 9.58. The predicted molar refractivity (Wildman–Crippen MR) is 132 cm³/mol. The first-order valence-electron chi connectivity index (χ1n) is 10.4. The average molecular weight is 539 g/mol. The van der Waals surface area contributed by atoms with E-state index in [1.807, 2.05) is 0 Å². The summed E-state index contributed by atoms with van der Waals surface area (Å²) < 4.78 is 57.4. The number of methoxy groups -OCH3 is 3. The molecule has 3 N–H and O–H groups in total. The van der Waals surface area contributed by atoms with Crippen molar-refractivity contribution in [2.45, 2.75) is 11.0 Å². The van der Waals surface area contributed by atoms with Gasteiger partial charge in [0.05, 0.1) is 38.3 Å². The standard InChI is InChI=1S/C24H24ClFN2O7S/c1-33-19-10-8-15(12-21(19)35-3)36(31,32)27-13-22(29)28-18-9-7-14(25)11-16(18)24(30)23-17(26)5-4-6-20(23)34-2/h4-12,24,27,30H,13H2,1-3H3,(H,28,29). The highest BCUT2D eigenvalue weighted by molar-refractivity contribution is 7.89. The van der Waals surface area contributed by atoms with E-state index in [0.29, 0.717) is 5.75 Å². The number of ether oxygens (including phenoxy) is 3. The summed E-state index contributed by atoms with van der Waals surface area (Å²) in [6.45, 7) is -0.627. The number of nitrogens with one attached hydrogen (secondary N) is 2. The van der Waals surface area contributed by atoms with Gasteiger partial charge in [0.1, 0.15) is 17.7 Å². The molecular weight excluding hydrogens is 515 g/mol.